The lowest BCUT2D eigenvalue weighted by molar-refractivity contribution is -0.121. The van der Waals surface area contributed by atoms with Crippen LogP contribution >= 0.6 is 0 Å². The quantitative estimate of drug-likeness (QED) is 0.722. The summed E-state index contributed by atoms with van der Waals surface area (Å²) in [5.74, 6) is 0.944. The number of nitrogens with two attached hydrogens (primary N) is 1. The topological polar surface area (TPSA) is 58.4 Å². The van der Waals surface area contributed by atoms with Crippen LogP contribution in [0.4, 0.5) is 0 Å². The summed E-state index contributed by atoms with van der Waals surface area (Å²) in [5, 5.41) is 3.00. The van der Waals surface area contributed by atoms with Crippen molar-refractivity contribution in [2.75, 3.05) is 26.2 Å². The zero-order valence-electron chi connectivity index (χ0n) is 12.0. The molecule has 1 aliphatic heterocycles. The lowest BCUT2D eigenvalue weighted by atomic mass is 9.93. The van der Waals surface area contributed by atoms with Gasteiger partial charge in [-0.2, -0.15) is 0 Å². The van der Waals surface area contributed by atoms with E-state index in [1.165, 1.54) is 32.5 Å². The molecule has 0 aromatic carbocycles. The molecular weight excluding hydrogens is 226 g/mol. The molecule has 0 bridgehead atoms. The minimum Gasteiger partial charge on any atom is -0.356 e. The molecule has 1 unspecified atom stereocenters. The average Bonchev–Trinajstić information content (AvgIpc) is 2.37. The van der Waals surface area contributed by atoms with E-state index < -0.39 is 0 Å². The Kier molecular flexibility index (Phi) is 7.28. The van der Waals surface area contributed by atoms with Crippen molar-refractivity contribution in [3.8, 4) is 0 Å². The summed E-state index contributed by atoms with van der Waals surface area (Å²) < 4.78 is 0. The van der Waals surface area contributed by atoms with E-state index in [1.54, 1.807) is 0 Å². The molecule has 4 heteroatoms. The van der Waals surface area contributed by atoms with Crippen LogP contribution in [-0.2, 0) is 4.79 Å². The second-order valence-electron chi connectivity index (χ2n) is 5.53. The predicted molar refractivity (Wildman–Crippen MR) is 75.3 cm³/mol. The van der Waals surface area contributed by atoms with Gasteiger partial charge in [-0.1, -0.05) is 6.92 Å². The van der Waals surface area contributed by atoms with Crippen molar-refractivity contribution in [3.63, 3.8) is 0 Å². The molecule has 1 saturated heterocycles. The fourth-order valence-corrected chi connectivity index (χ4v) is 2.45. The van der Waals surface area contributed by atoms with Gasteiger partial charge in [-0.25, -0.2) is 0 Å². The lowest BCUT2D eigenvalue weighted by Gasteiger charge is -2.31. The average molecular weight is 255 g/mol. The zero-order valence-corrected chi connectivity index (χ0v) is 12.0. The Hall–Kier alpha value is -0.610. The van der Waals surface area contributed by atoms with Crippen molar-refractivity contribution in [1.82, 2.24) is 10.2 Å². The monoisotopic (exact) mass is 255 g/mol. The van der Waals surface area contributed by atoms with Crippen LogP contribution in [0.3, 0.4) is 0 Å². The van der Waals surface area contributed by atoms with Crippen LogP contribution in [0.25, 0.3) is 0 Å². The molecule has 1 amide bonds. The Morgan fingerprint density at radius 1 is 1.44 bits per heavy atom. The zero-order chi connectivity index (χ0) is 13.4. The van der Waals surface area contributed by atoms with Gasteiger partial charge in [0.25, 0.3) is 0 Å². The highest BCUT2D eigenvalue weighted by Crippen LogP contribution is 2.19. The molecule has 0 aliphatic carbocycles. The summed E-state index contributed by atoms with van der Waals surface area (Å²) in [5.41, 5.74) is 5.63. The minimum absolute atomic E-state index is 0.120. The second kappa shape index (κ2) is 8.48. The van der Waals surface area contributed by atoms with Gasteiger partial charge in [0.2, 0.25) is 5.91 Å². The van der Waals surface area contributed by atoms with Gasteiger partial charge in [0, 0.05) is 19.0 Å². The van der Waals surface area contributed by atoms with E-state index in [2.05, 4.69) is 17.1 Å². The molecule has 1 fully saturated rings. The fourth-order valence-electron chi connectivity index (χ4n) is 2.45. The standard InChI is InChI=1S/C14H29N3O/c1-3-17-10-7-13(8-11-17)6-9-16-14(18)5-4-12(2)15/h12-13H,3-11,15H2,1-2H3,(H,16,18). The largest absolute Gasteiger partial charge is 0.356 e. The number of hydrogen-bond acceptors (Lipinski definition) is 3. The van der Waals surface area contributed by atoms with E-state index in [0.29, 0.717) is 6.42 Å². The summed E-state index contributed by atoms with van der Waals surface area (Å²) in [6.45, 7) is 8.60. The number of carbonyl (C=O) groups is 1. The highest BCUT2D eigenvalue weighted by molar-refractivity contribution is 5.75. The molecule has 4 nitrogen and oxygen atoms in total. The summed E-state index contributed by atoms with van der Waals surface area (Å²) in [4.78, 5) is 14.0. The number of hydrogen-bond donors (Lipinski definition) is 2. The number of amides is 1. The molecular formula is C14H29N3O. The van der Waals surface area contributed by atoms with Gasteiger partial charge in [0.15, 0.2) is 0 Å². The second-order valence-corrected chi connectivity index (χ2v) is 5.53. The molecule has 0 aromatic heterocycles. The first kappa shape index (κ1) is 15.4. The van der Waals surface area contributed by atoms with Crippen LogP contribution in [0.15, 0.2) is 0 Å². The van der Waals surface area contributed by atoms with Gasteiger partial charge < -0.3 is 16.0 Å². The third-order valence-electron chi connectivity index (χ3n) is 3.86. The number of piperidine rings is 1. The van der Waals surface area contributed by atoms with Gasteiger partial charge in [0.1, 0.15) is 0 Å². The number of carbonyl (C=O) groups excluding carboxylic acids is 1. The molecule has 18 heavy (non-hydrogen) atoms. The molecule has 106 valence electrons. The van der Waals surface area contributed by atoms with Crippen molar-refractivity contribution in [2.24, 2.45) is 11.7 Å². The van der Waals surface area contributed by atoms with Crippen molar-refractivity contribution >= 4 is 5.91 Å². The van der Waals surface area contributed by atoms with Crippen LogP contribution in [0.5, 0.6) is 0 Å². The van der Waals surface area contributed by atoms with Gasteiger partial charge >= 0.3 is 0 Å². The van der Waals surface area contributed by atoms with E-state index in [-0.39, 0.29) is 11.9 Å². The first-order valence-electron chi connectivity index (χ1n) is 7.36. The van der Waals surface area contributed by atoms with Gasteiger partial charge in [-0.15, -0.1) is 0 Å². The molecule has 0 radical (unpaired) electrons. The van der Waals surface area contributed by atoms with Gasteiger partial charge in [-0.05, 0) is 58.2 Å². The molecule has 1 heterocycles. The van der Waals surface area contributed by atoms with E-state index in [9.17, 15) is 4.79 Å². The lowest BCUT2D eigenvalue weighted by Crippen LogP contribution is -2.35. The summed E-state index contributed by atoms with van der Waals surface area (Å²) >= 11 is 0. The summed E-state index contributed by atoms with van der Waals surface area (Å²) in [6.07, 6.45) is 5.03. The molecule has 1 aliphatic rings. The Balaban J connectivity index is 2.02. The molecule has 0 saturated carbocycles. The Labute approximate surface area is 111 Å². The maximum absolute atomic E-state index is 11.5. The highest BCUT2D eigenvalue weighted by Gasteiger charge is 2.17. The molecule has 3 N–H and O–H groups in total. The highest BCUT2D eigenvalue weighted by atomic mass is 16.1. The summed E-state index contributed by atoms with van der Waals surface area (Å²) in [7, 11) is 0. The van der Waals surface area contributed by atoms with Crippen molar-refractivity contribution in [2.45, 2.75) is 52.0 Å². The van der Waals surface area contributed by atoms with E-state index in [4.69, 9.17) is 5.73 Å². The normalized spacial score (nSPS) is 19.7. The maximum atomic E-state index is 11.5. The fraction of sp³-hybridized carbons (Fsp3) is 0.929. The van der Waals surface area contributed by atoms with Crippen LogP contribution in [0.2, 0.25) is 0 Å². The number of nitrogens with zero attached hydrogens (tertiary/aromatic N) is 1. The molecule has 1 atom stereocenters. The van der Waals surface area contributed by atoms with Gasteiger partial charge in [0.05, 0.1) is 0 Å². The van der Waals surface area contributed by atoms with Crippen molar-refractivity contribution in [1.29, 1.82) is 0 Å². The summed E-state index contributed by atoms with van der Waals surface area (Å²) in [6, 6.07) is 0.120. The Morgan fingerprint density at radius 2 is 2.11 bits per heavy atom. The van der Waals surface area contributed by atoms with Crippen molar-refractivity contribution in [3.05, 3.63) is 0 Å². The first-order chi connectivity index (χ1) is 8.61. The van der Waals surface area contributed by atoms with E-state index >= 15 is 0 Å². The molecule has 1 rings (SSSR count). The maximum Gasteiger partial charge on any atom is 0.220 e. The molecule has 0 spiro atoms. The van der Waals surface area contributed by atoms with E-state index in [0.717, 1.165) is 25.3 Å². The third-order valence-corrected chi connectivity index (χ3v) is 3.86. The number of nitrogens with one attached hydrogen (secondary N) is 1. The van der Waals surface area contributed by atoms with Crippen LogP contribution in [-0.4, -0.2) is 43.0 Å². The molecule has 0 aromatic rings. The van der Waals surface area contributed by atoms with Crippen LogP contribution in [0.1, 0.15) is 46.0 Å². The number of rotatable bonds is 7. The SMILES string of the molecule is CCN1CCC(CCNC(=O)CCC(C)N)CC1. The number of likely N-dealkylation sites (tertiary alicyclic amines) is 1. The first-order valence-corrected chi connectivity index (χ1v) is 7.36. The Morgan fingerprint density at radius 3 is 2.67 bits per heavy atom. The van der Waals surface area contributed by atoms with Gasteiger partial charge in [-0.3, -0.25) is 4.79 Å². The smallest absolute Gasteiger partial charge is 0.220 e. The predicted octanol–water partition coefficient (Wildman–Crippen LogP) is 1.35. The Bertz CT molecular complexity index is 235. The minimum atomic E-state index is 0.120. The van der Waals surface area contributed by atoms with Crippen LogP contribution in [0, 0.1) is 5.92 Å². The van der Waals surface area contributed by atoms with Crippen LogP contribution < -0.4 is 11.1 Å². The third kappa shape index (κ3) is 6.36. The van der Waals surface area contributed by atoms with Crippen molar-refractivity contribution < 1.29 is 4.79 Å². The van der Waals surface area contributed by atoms with E-state index in [1.807, 2.05) is 6.92 Å².